The van der Waals surface area contributed by atoms with Crippen molar-refractivity contribution in [2.75, 3.05) is 13.2 Å². The van der Waals surface area contributed by atoms with Crippen LogP contribution in [0.3, 0.4) is 0 Å². The van der Waals surface area contributed by atoms with Crippen molar-refractivity contribution in [2.24, 2.45) is 11.7 Å². The second-order valence-electron chi connectivity index (χ2n) is 7.47. The van der Waals surface area contributed by atoms with Gasteiger partial charge in [0, 0.05) is 5.92 Å². The molecule has 150 valence electrons. The highest BCUT2D eigenvalue weighted by atomic mass is 16.6. The lowest BCUT2D eigenvalue weighted by molar-refractivity contribution is -0.155. The molecule has 3 rings (SSSR count). The van der Waals surface area contributed by atoms with Crippen molar-refractivity contribution < 1.29 is 19.0 Å². The first-order chi connectivity index (χ1) is 13.5. The maximum Gasteiger partial charge on any atom is 0.325 e. The van der Waals surface area contributed by atoms with Gasteiger partial charge in [-0.15, -0.1) is 0 Å². The summed E-state index contributed by atoms with van der Waals surface area (Å²) in [6, 6.07) is 17.5. The van der Waals surface area contributed by atoms with Gasteiger partial charge in [0.05, 0.1) is 13.2 Å². The number of benzene rings is 2. The number of esters is 1. The van der Waals surface area contributed by atoms with Crippen molar-refractivity contribution in [1.82, 2.24) is 0 Å². The molecule has 2 N–H and O–H groups in total. The van der Waals surface area contributed by atoms with Crippen molar-refractivity contribution in [3.63, 3.8) is 0 Å². The third-order valence-electron chi connectivity index (χ3n) is 5.10. The summed E-state index contributed by atoms with van der Waals surface area (Å²) >= 11 is 0. The minimum absolute atomic E-state index is 0.0645. The van der Waals surface area contributed by atoms with Gasteiger partial charge in [-0.05, 0) is 44.4 Å². The third kappa shape index (κ3) is 5.57. The SMILES string of the molecule is Cc1ccc(OC2C(CCc3ccccc3)COCC(N)C(=O)OC2C)cc1. The van der Waals surface area contributed by atoms with Crippen molar-refractivity contribution in [3.05, 3.63) is 65.7 Å². The highest BCUT2D eigenvalue weighted by molar-refractivity contribution is 5.75. The van der Waals surface area contributed by atoms with E-state index in [1.54, 1.807) is 0 Å². The summed E-state index contributed by atoms with van der Waals surface area (Å²) in [5.41, 5.74) is 8.29. The van der Waals surface area contributed by atoms with Gasteiger partial charge in [0.15, 0.2) is 0 Å². The van der Waals surface area contributed by atoms with E-state index >= 15 is 0 Å². The first-order valence-corrected chi connectivity index (χ1v) is 9.84. The van der Waals surface area contributed by atoms with Crippen LogP contribution in [0.5, 0.6) is 5.75 Å². The van der Waals surface area contributed by atoms with E-state index in [-0.39, 0.29) is 18.6 Å². The highest BCUT2D eigenvalue weighted by Crippen LogP contribution is 2.25. The zero-order valence-electron chi connectivity index (χ0n) is 16.5. The fraction of sp³-hybridized carbons (Fsp3) is 0.435. The lowest BCUT2D eigenvalue weighted by atomic mass is 9.92. The Kier molecular flexibility index (Phi) is 7.06. The van der Waals surface area contributed by atoms with Crippen molar-refractivity contribution in [3.8, 4) is 5.75 Å². The molecule has 0 spiro atoms. The summed E-state index contributed by atoms with van der Waals surface area (Å²) in [7, 11) is 0. The number of carbonyl (C=O) groups is 1. The van der Waals surface area contributed by atoms with Crippen molar-refractivity contribution in [2.45, 2.75) is 44.9 Å². The molecule has 4 atom stereocenters. The number of aryl methyl sites for hydroxylation is 2. The van der Waals surface area contributed by atoms with Crippen LogP contribution in [-0.4, -0.2) is 37.4 Å². The molecule has 1 heterocycles. The molecule has 1 saturated heterocycles. The number of rotatable bonds is 5. The van der Waals surface area contributed by atoms with Crippen LogP contribution in [0, 0.1) is 12.8 Å². The molecule has 5 nitrogen and oxygen atoms in total. The fourth-order valence-electron chi connectivity index (χ4n) is 3.44. The van der Waals surface area contributed by atoms with Crippen LogP contribution in [0.2, 0.25) is 0 Å². The topological polar surface area (TPSA) is 70.8 Å². The van der Waals surface area contributed by atoms with Crippen molar-refractivity contribution >= 4 is 5.97 Å². The van der Waals surface area contributed by atoms with Gasteiger partial charge in [-0.25, -0.2) is 0 Å². The molecule has 0 bridgehead atoms. The third-order valence-corrected chi connectivity index (χ3v) is 5.10. The standard InChI is InChI=1S/C23H29NO4/c1-16-8-12-20(13-9-16)28-22-17(2)27-23(25)21(24)15-26-14-19(22)11-10-18-6-4-3-5-7-18/h3-9,12-13,17,19,21-22H,10-11,14-15,24H2,1-2H3. The van der Waals surface area contributed by atoms with Gasteiger partial charge < -0.3 is 19.9 Å². The first-order valence-electron chi connectivity index (χ1n) is 9.84. The van der Waals surface area contributed by atoms with Crippen LogP contribution in [0.15, 0.2) is 54.6 Å². The average Bonchev–Trinajstić information content (AvgIpc) is 2.74. The van der Waals surface area contributed by atoms with Gasteiger partial charge in [0.2, 0.25) is 0 Å². The monoisotopic (exact) mass is 383 g/mol. The van der Waals surface area contributed by atoms with E-state index in [2.05, 4.69) is 12.1 Å². The van der Waals surface area contributed by atoms with Crippen LogP contribution in [-0.2, 0) is 20.7 Å². The Morgan fingerprint density at radius 3 is 2.50 bits per heavy atom. The molecule has 4 unspecified atom stereocenters. The molecule has 5 heteroatoms. The Hall–Kier alpha value is -2.37. The van der Waals surface area contributed by atoms with Gasteiger partial charge in [-0.3, -0.25) is 4.79 Å². The Morgan fingerprint density at radius 2 is 1.79 bits per heavy atom. The Labute approximate surface area is 166 Å². The van der Waals surface area contributed by atoms with Crippen LogP contribution >= 0.6 is 0 Å². The Bertz CT molecular complexity index is 747. The second-order valence-corrected chi connectivity index (χ2v) is 7.47. The minimum atomic E-state index is -0.768. The average molecular weight is 383 g/mol. The Morgan fingerprint density at radius 1 is 1.07 bits per heavy atom. The zero-order valence-corrected chi connectivity index (χ0v) is 16.5. The minimum Gasteiger partial charge on any atom is -0.486 e. The predicted molar refractivity (Wildman–Crippen MR) is 108 cm³/mol. The molecule has 0 radical (unpaired) electrons. The molecular formula is C23H29NO4. The summed E-state index contributed by atoms with van der Waals surface area (Å²) in [6.07, 6.45) is 1.01. The maximum atomic E-state index is 12.2. The maximum absolute atomic E-state index is 12.2. The number of hydrogen-bond donors (Lipinski definition) is 1. The number of hydrogen-bond acceptors (Lipinski definition) is 5. The molecule has 2 aromatic carbocycles. The van der Waals surface area contributed by atoms with Gasteiger partial charge in [0.25, 0.3) is 0 Å². The number of carbonyl (C=O) groups excluding carboxylic acids is 1. The summed E-state index contributed by atoms with van der Waals surface area (Å²) in [6.45, 7) is 4.53. The van der Waals surface area contributed by atoms with E-state index in [4.69, 9.17) is 19.9 Å². The normalized spacial score (nSPS) is 25.9. The summed E-state index contributed by atoms with van der Waals surface area (Å²) in [5.74, 6) is 0.370. The van der Waals surface area contributed by atoms with Crippen LogP contribution in [0.4, 0.5) is 0 Å². The number of nitrogens with two attached hydrogens (primary N) is 1. The molecule has 0 saturated carbocycles. The van der Waals surface area contributed by atoms with Gasteiger partial charge in [-0.1, -0.05) is 48.0 Å². The lowest BCUT2D eigenvalue weighted by Crippen LogP contribution is -2.43. The highest BCUT2D eigenvalue weighted by Gasteiger charge is 2.34. The largest absolute Gasteiger partial charge is 0.486 e. The molecule has 0 aromatic heterocycles. The predicted octanol–water partition coefficient (Wildman–Crippen LogP) is 3.28. The quantitative estimate of drug-likeness (QED) is 0.803. The zero-order chi connectivity index (χ0) is 19.9. The molecule has 1 aliphatic heterocycles. The first kappa shape index (κ1) is 20.4. The molecule has 0 aliphatic carbocycles. The fourth-order valence-corrected chi connectivity index (χ4v) is 3.44. The van der Waals surface area contributed by atoms with E-state index in [0.717, 1.165) is 24.2 Å². The van der Waals surface area contributed by atoms with E-state index in [1.165, 1.54) is 5.56 Å². The summed E-state index contributed by atoms with van der Waals surface area (Å²) in [4.78, 5) is 12.2. The molecule has 0 amide bonds. The van der Waals surface area contributed by atoms with Crippen LogP contribution in [0.1, 0.15) is 24.5 Å². The summed E-state index contributed by atoms with van der Waals surface area (Å²) in [5, 5.41) is 0. The van der Waals surface area contributed by atoms with E-state index in [1.807, 2.05) is 56.3 Å². The second kappa shape index (κ2) is 9.71. The van der Waals surface area contributed by atoms with Crippen LogP contribution in [0.25, 0.3) is 0 Å². The Balaban J connectivity index is 1.79. The van der Waals surface area contributed by atoms with Gasteiger partial charge >= 0.3 is 5.97 Å². The summed E-state index contributed by atoms with van der Waals surface area (Å²) < 4.78 is 17.7. The van der Waals surface area contributed by atoms with Gasteiger partial charge in [-0.2, -0.15) is 0 Å². The van der Waals surface area contributed by atoms with E-state index in [9.17, 15) is 4.79 Å². The molecular weight excluding hydrogens is 354 g/mol. The van der Waals surface area contributed by atoms with E-state index < -0.39 is 18.1 Å². The molecule has 1 aliphatic rings. The number of cyclic esters (lactones) is 1. The van der Waals surface area contributed by atoms with Gasteiger partial charge in [0.1, 0.15) is 24.0 Å². The molecule has 28 heavy (non-hydrogen) atoms. The van der Waals surface area contributed by atoms with Crippen LogP contribution < -0.4 is 10.5 Å². The number of ether oxygens (including phenoxy) is 3. The smallest absolute Gasteiger partial charge is 0.325 e. The molecule has 2 aromatic rings. The lowest BCUT2D eigenvalue weighted by Gasteiger charge is -2.31. The van der Waals surface area contributed by atoms with E-state index in [0.29, 0.717) is 6.61 Å². The van der Waals surface area contributed by atoms with Crippen molar-refractivity contribution in [1.29, 1.82) is 0 Å². The molecule has 1 fully saturated rings.